The van der Waals surface area contributed by atoms with Gasteiger partial charge < -0.3 is 14.5 Å². The quantitative estimate of drug-likeness (QED) is 0.162. The number of carbonyl (C=O) groups is 1. The average molecular weight is 655 g/mol. The van der Waals surface area contributed by atoms with Crippen molar-refractivity contribution >= 4 is 46.3 Å². The molecular formula is C34H27ClN4O6S. The molecule has 1 aliphatic heterocycles. The van der Waals surface area contributed by atoms with Gasteiger partial charge in [0.1, 0.15) is 17.3 Å². The first-order valence-corrected chi connectivity index (χ1v) is 15.3. The van der Waals surface area contributed by atoms with Gasteiger partial charge in [-0.2, -0.15) is 0 Å². The van der Waals surface area contributed by atoms with E-state index in [0.29, 0.717) is 54.7 Å². The Kier molecular flexibility index (Phi) is 8.20. The molecule has 0 aliphatic carbocycles. The van der Waals surface area contributed by atoms with Crippen LogP contribution in [0.3, 0.4) is 0 Å². The number of anilines is 1. The van der Waals surface area contributed by atoms with Gasteiger partial charge in [0.25, 0.3) is 17.2 Å². The molecule has 2 aromatic heterocycles. The Balaban J connectivity index is 1.44. The first-order chi connectivity index (χ1) is 22.0. The second-order valence-corrected chi connectivity index (χ2v) is 12.2. The van der Waals surface area contributed by atoms with Crippen LogP contribution in [0.1, 0.15) is 35.4 Å². The van der Waals surface area contributed by atoms with Crippen molar-refractivity contribution in [2.24, 2.45) is 4.99 Å². The second kappa shape index (κ2) is 12.3. The van der Waals surface area contributed by atoms with Crippen molar-refractivity contribution in [1.29, 1.82) is 0 Å². The van der Waals surface area contributed by atoms with E-state index in [2.05, 4.69) is 5.32 Å². The van der Waals surface area contributed by atoms with Gasteiger partial charge in [-0.15, -0.1) is 0 Å². The van der Waals surface area contributed by atoms with Gasteiger partial charge in [-0.25, -0.2) is 4.99 Å². The van der Waals surface area contributed by atoms with Gasteiger partial charge >= 0.3 is 0 Å². The summed E-state index contributed by atoms with van der Waals surface area (Å²) in [5.74, 6) is 0.917. The predicted octanol–water partition coefficient (Wildman–Crippen LogP) is 6.32. The number of hydrogen-bond acceptors (Lipinski definition) is 8. The van der Waals surface area contributed by atoms with Gasteiger partial charge in [-0.3, -0.25) is 24.3 Å². The number of methoxy groups -OCH3 is 1. The Labute approximate surface area is 271 Å². The van der Waals surface area contributed by atoms with Gasteiger partial charge in [-0.05, 0) is 68.3 Å². The van der Waals surface area contributed by atoms with Crippen LogP contribution >= 0.6 is 22.9 Å². The standard InChI is InChI=1S/C34H27ClN4O6S/c1-18-5-13-27(19(2)15-18)37-32(40)30-20(3)36-34-38(31(30)21-6-9-23(44-4)10-7-21)33(41)29(46-34)17-24-11-14-28(45-24)25-16-22(39(42)43)8-12-26(25)35/h5-17,31H,1-4H3,(H,37,40)/b29-17+/t31-/m1/s1. The molecule has 12 heteroatoms. The van der Waals surface area contributed by atoms with Gasteiger partial charge in [0.15, 0.2) is 4.80 Å². The van der Waals surface area contributed by atoms with Crippen molar-refractivity contribution in [3.05, 3.63) is 141 Å². The maximum atomic E-state index is 14.1. The number of benzene rings is 3. The zero-order chi connectivity index (χ0) is 32.7. The molecule has 46 heavy (non-hydrogen) atoms. The molecule has 0 bridgehead atoms. The molecule has 6 rings (SSSR count). The molecule has 1 N–H and O–H groups in total. The van der Waals surface area contributed by atoms with Crippen molar-refractivity contribution in [2.75, 3.05) is 12.4 Å². The summed E-state index contributed by atoms with van der Waals surface area (Å²) >= 11 is 7.48. The number of amides is 1. The minimum atomic E-state index is -0.772. The molecule has 3 heterocycles. The van der Waals surface area contributed by atoms with Gasteiger partial charge in [0, 0.05) is 29.5 Å². The molecule has 1 aliphatic rings. The fourth-order valence-corrected chi connectivity index (χ4v) is 6.61. The van der Waals surface area contributed by atoms with E-state index in [1.165, 1.54) is 34.1 Å². The summed E-state index contributed by atoms with van der Waals surface area (Å²) in [6.45, 7) is 5.66. The molecule has 1 amide bonds. The lowest BCUT2D eigenvalue weighted by atomic mass is 9.95. The smallest absolute Gasteiger partial charge is 0.271 e. The molecule has 3 aromatic carbocycles. The third-order valence-electron chi connectivity index (χ3n) is 7.65. The summed E-state index contributed by atoms with van der Waals surface area (Å²) < 4.78 is 13.1. The number of allylic oxidation sites excluding steroid dienone is 1. The minimum absolute atomic E-state index is 0.128. The van der Waals surface area contributed by atoms with Gasteiger partial charge in [-0.1, -0.05) is 52.8 Å². The summed E-state index contributed by atoms with van der Waals surface area (Å²) in [5.41, 5.74) is 4.04. The molecule has 5 aromatic rings. The maximum absolute atomic E-state index is 14.1. The number of hydrogen-bond donors (Lipinski definition) is 1. The number of carbonyl (C=O) groups excluding carboxylic acids is 1. The third-order valence-corrected chi connectivity index (χ3v) is 8.97. The first-order valence-electron chi connectivity index (χ1n) is 14.1. The molecule has 0 saturated carbocycles. The number of aryl methyl sites for hydroxylation is 2. The lowest BCUT2D eigenvalue weighted by molar-refractivity contribution is -0.384. The van der Waals surface area contributed by atoms with Crippen molar-refractivity contribution in [3.63, 3.8) is 0 Å². The normalized spacial score (nSPS) is 14.5. The molecule has 232 valence electrons. The van der Waals surface area contributed by atoms with E-state index < -0.39 is 11.0 Å². The lowest BCUT2D eigenvalue weighted by Crippen LogP contribution is -2.40. The summed E-state index contributed by atoms with van der Waals surface area (Å²) in [4.78, 5) is 43.9. The number of fused-ring (bicyclic) bond motifs is 1. The molecule has 0 unspecified atom stereocenters. The molecule has 0 radical (unpaired) electrons. The number of furan rings is 1. The number of halogens is 1. The molecule has 0 saturated heterocycles. The van der Waals surface area contributed by atoms with Crippen LogP contribution in [0.2, 0.25) is 5.02 Å². The molecular weight excluding hydrogens is 628 g/mol. The van der Waals surface area contributed by atoms with Crippen LogP contribution in [0.5, 0.6) is 5.75 Å². The highest BCUT2D eigenvalue weighted by Crippen LogP contribution is 2.34. The minimum Gasteiger partial charge on any atom is -0.497 e. The Hall–Kier alpha value is -5.26. The molecule has 0 spiro atoms. The fourth-order valence-electron chi connectivity index (χ4n) is 5.38. The number of aromatic nitrogens is 1. The van der Waals surface area contributed by atoms with Crippen LogP contribution in [-0.4, -0.2) is 22.5 Å². The summed E-state index contributed by atoms with van der Waals surface area (Å²) in [6, 6.07) is 19.6. The van der Waals surface area contributed by atoms with E-state index in [0.717, 1.165) is 11.1 Å². The Bertz CT molecular complexity index is 2250. The monoisotopic (exact) mass is 654 g/mol. The van der Waals surface area contributed by atoms with E-state index in [1.807, 2.05) is 44.2 Å². The van der Waals surface area contributed by atoms with E-state index in [4.69, 9.17) is 25.7 Å². The number of thiazole rings is 1. The molecule has 0 fully saturated rings. The van der Waals surface area contributed by atoms with Crippen LogP contribution in [0.4, 0.5) is 11.4 Å². The SMILES string of the molecule is COc1ccc([C@@H]2C(C(=O)Nc3ccc(C)cc3C)=C(C)N=c3s/c(=C/c4ccc(-c5cc([N+](=O)[O-])ccc5Cl)o4)c(=O)n32)cc1. The number of rotatable bonds is 7. The molecule has 10 nitrogen and oxygen atoms in total. The van der Waals surface area contributed by atoms with E-state index >= 15 is 0 Å². The van der Waals surface area contributed by atoms with Crippen LogP contribution in [-0.2, 0) is 4.79 Å². The number of nitro benzene ring substituents is 1. The number of non-ortho nitro benzene ring substituents is 1. The van der Waals surface area contributed by atoms with E-state index in [9.17, 15) is 19.7 Å². The zero-order valence-corrected chi connectivity index (χ0v) is 26.7. The van der Waals surface area contributed by atoms with Crippen LogP contribution in [0.25, 0.3) is 17.4 Å². The Morgan fingerprint density at radius 2 is 1.85 bits per heavy atom. The van der Waals surface area contributed by atoms with Crippen molar-refractivity contribution < 1.29 is 18.9 Å². The summed E-state index contributed by atoms with van der Waals surface area (Å²) in [5, 5.41) is 14.6. The third kappa shape index (κ3) is 5.78. The predicted molar refractivity (Wildman–Crippen MR) is 177 cm³/mol. The van der Waals surface area contributed by atoms with E-state index in [1.54, 1.807) is 44.4 Å². The average Bonchev–Trinajstić information content (AvgIpc) is 3.61. The van der Waals surface area contributed by atoms with E-state index in [-0.39, 0.29) is 22.2 Å². The Morgan fingerprint density at radius 3 is 2.54 bits per heavy atom. The maximum Gasteiger partial charge on any atom is 0.271 e. The zero-order valence-electron chi connectivity index (χ0n) is 25.2. The van der Waals surface area contributed by atoms with Crippen LogP contribution < -0.4 is 24.9 Å². The van der Waals surface area contributed by atoms with Crippen molar-refractivity contribution in [1.82, 2.24) is 4.57 Å². The topological polar surface area (TPSA) is 129 Å². The Morgan fingerprint density at radius 1 is 1.09 bits per heavy atom. The van der Waals surface area contributed by atoms with Crippen LogP contribution in [0, 0.1) is 24.0 Å². The summed E-state index contributed by atoms with van der Waals surface area (Å²) in [7, 11) is 1.57. The largest absolute Gasteiger partial charge is 0.497 e. The highest BCUT2D eigenvalue weighted by atomic mass is 35.5. The highest BCUT2D eigenvalue weighted by molar-refractivity contribution is 7.07. The number of nitrogens with one attached hydrogen (secondary N) is 1. The van der Waals surface area contributed by atoms with Crippen molar-refractivity contribution in [2.45, 2.75) is 26.8 Å². The first kappa shape index (κ1) is 30.8. The summed E-state index contributed by atoms with van der Waals surface area (Å²) in [6.07, 6.45) is 1.58. The lowest BCUT2D eigenvalue weighted by Gasteiger charge is -2.25. The van der Waals surface area contributed by atoms with Gasteiger partial charge in [0.05, 0.1) is 38.9 Å². The highest BCUT2D eigenvalue weighted by Gasteiger charge is 2.33. The molecule has 1 atom stereocenters. The fraction of sp³-hybridized carbons (Fsp3) is 0.147. The number of ether oxygens (including phenoxy) is 1. The number of nitro groups is 1. The van der Waals surface area contributed by atoms with Crippen molar-refractivity contribution in [3.8, 4) is 17.1 Å². The van der Waals surface area contributed by atoms with Gasteiger partial charge in [0.2, 0.25) is 0 Å². The number of nitrogens with zero attached hydrogens (tertiary/aromatic N) is 3. The second-order valence-electron chi connectivity index (χ2n) is 10.8. The van der Waals surface area contributed by atoms with Crippen LogP contribution in [0.15, 0.2) is 98.3 Å².